The van der Waals surface area contributed by atoms with E-state index in [0.717, 1.165) is 0 Å². The van der Waals surface area contributed by atoms with E-state index in [1.165, 1.54) is 20.3 Å². The molecule has 0 bridgehead atoms. The molecule has 1 rings (SSSR count). The lowest BCUT2D eigenvalue weighted by atomic mass is 10.0. The van der Waals surface area contributed by atoms with Crippen LogP contribution in [0.5, 0.6) is 11.5 Å². The molecule has 2 N–H and O–H groups in total. The minimum Gasteiger partial charge on any atom is -0.493 e. The van der Waals surface area contributed by atoms with E-state index in [-0.39, 0.29) is 11.5 Å². The van der Waals surface area contributed by atoms with E-state index in [9.17, 15) is 9.59 Å². The maximum Gasteiger partial charge on any atom is 0.326 e. The standard InChI is InChI=1S/C14H18BrNO5/c1-7(2)12(14(18)19)16-13(17)8-5-10(20-3)11(21-4)6-9(8)15/h5-7,12H,1-4H3,(H,16,17)(H,18,19). The van der Waals surface area contributed by atoms with Crippen molar-refractivity contribution >= 4 is 27.8 Å². The van der Waals surface area contributed by atoms with Gasteiger partial charge in [-0.05, 0) is 34.0 Å². The zero-order valence-electron chi connectivity index (χ0n) is 12.3. The fourth-order valence-corrected chi connectivity index (χ4v) is 2.26. The summed E-state index contributed by atoms with van der Waals surface area (Å²) in [4.78, 5) is 23.4. The van der Waals surface area contributed by atoms with Crippen LogP contribution in [-0.4, -0.2) is 37.2 Å². The Balaban J connectivity index is 3.10. The zero-order valence-corrected chi connectivity index (χ0v) is 13.9. The number of rotatable bonds is 6. The third kappa shape index (κ3) is 4.10. The molecule has 7 heteroatoms. The lowest BCUT2D eigenvalue weighted by molar-refractivity contribution is -0.140. The second-order valence-electron chi connectivity index (χ2n) is 4.72. The minimum absolute atomic E-state index is 0.231. The second-order valence-corrected chi connectivity index (χ2v) is 5.57. The highest BCUT2D eigenvalue weighted by molar-refractivity contribution is 9.10. The van der Waals surface area contributed by atoms with Gasteiger partial charge >= 0.3 is 5.97 Å². The summed E-state index contributed by atoms with van der Waals surface area (Å²) in [5.41, 5.74) is 0.277. The summed E-state index contributed by atoms with van der Waals surface area (Å²) in [5.74, 6) is -0.939. The summed E-state index contributed by atoms with van der Waals surface area (Å²) < 4.78 is 10.8. The van der Waals surface area contributed by atoms with Crippen LogP contribution in [0, 0.1) is 5.92 Å². The number of halogens is 1. The molecule has 0 aliphatic heterocycles. The number of hydrogen-bond donors (Lipinski definition) is 2. The molecule has 0 saturated carbocycles. The Morgan fingerprint density at radius 2 is 1.71 bits per heavy atom. The average molecular weight is 360 g/mol. The Labute approximate surface area is 131 Å². The SMILES string of the molecule is COc1cc(Br)c(C(=O)NC(C(=O)O)C(C)C)cc1OC. The van der Waals surface area contributed by atoms with Crippen molar-refractivity contribution < 1.29 is 24.2 Å². The van der Waals surface area contributed by atoms with E-state index in [4.69, 9.17) is 14.6 Å². The molecule has 0 aromatic heterocycles. The first-order valence-corrected chi connectivity index (χ1v) is 7.06. The van der Waals surface area contributed by atoms with Gasteiger partial charge in [-0.2, -0.15) is 0 Å². The highest BCUT2D eigenvalue weighted by Crippen LogP contribution is 2.33. The molecule has 0 spiro atoms. The first-order chi connectivity index (χ1) is 9.81. The van der Waals surface area contributed by atoms with Crippen LogP contribution in [0.15, 0.2) is 16.6 Å². The molecule has 0 saturated heterocycles. The number of aliphatic carboxylic acids is 1. The van der Waals surface area contributed by atoms with E-state index in [2.05, 4.69) is 21.2 Å². The number of ether oxygens (including phenoxy) is 2. The molecular weight excluding hydrogens is 342 g/mol. The lowest BCUT2D eigenvalue weighted by Gasteiger charge is -2.19. The molecule has 116 valence electrons. The predicted octanol–water partition coefficient (Wildman–Crippen LogP) is 2.31. The van der Waals surface area contributed by atoms with Gasteiger partial charge in [0.2, 0.25) is 0 Å². The molecule has 0 aliphatic carbocycles. The number of benzene rings is 1. The fourth-order valence-electron chi connectivity index (χ4n) is 1.76. The number of amides is 1. The maximum atomic E-state index is 12.3. The van der Waals surface area contributed by atoms with Crippen molar-refractivity contribution in [3.8, 4) is 11.5 Å². The summed E-state index contributed by atoms with van der Waals surface area (Å²) in [6.07, 6.45) is 0. The number of carbonyl (C=O) groups excluding carboxylic acids is 1. The molecule has 1 aromatic rings. The normalized spacial score (nSPS) is 11.9. The van der Waals surface area contributed by atoms with Gasteiger partial charge in [-0.15, -0.1) is 0 Å². The van der Waals surface area contributed by atoms with Gasteiger partial charge in [0, 0.05) is 4.47 Å². The number of carbonyl (C=O) groups is 2. The Morgan fingerprint density at radius 1 is 1.19 bits per heavy atom. The topological polar surface area (TPSA) is 84.9 Å². The zero-order chi connectivity index (χ0) is 16.2. The Morgan fingerprint density at radius 3 is 2.14 bits per heavy atom. The van der Waals surface area contributed by atoms with Crippen molar-refractivity contribution in [3.05, 3.63) is 22.2 Å². The van der Waals surface area contributed by atoms with Gasteiger partial charge in [0.1, 0.15) is 6.04 Å². The van der Waals surface area contributed by atoms with Gasteiger partial charge in [0.05, 0.1) is 19.8 Å². The van der Waals surface area contributed by atoms with Crippen molar-refractivity contribution in [3.63, 3.8) is 0 Å². The molecule has 1 aromatic carbocycles. The molecule has 21 heavy (non-hydrogen) atoms. The van der Waals surface area contributed by atoms with Crippen LogP contribution < -0.4 is 14.8 Å². The largest absolute Gasteiger partial charge is 0.493 e. The van der Waals surface area contributed by atoms with E-state index >= 15 is 0 Å². The van der Waals surface area contributed by atoms with Gasteiger partial charge in [-0.1, -0.05) is 13.8 Å². The van der Waals surface area contributed by atoms with Gasteiger partial charge in [-0.3, -0.25) is 4.79 Å². The summed E-state index contributed by atoms with van der Waals surface area (Å²) in [5, 5.41) is 11.6. The molecule has 0 radical (unpaired) electrons. The van der Waals surface area contributed by atoms with Crippen molar-refractivity contribution in [1.29, 1.82) is 0 Å². The Kier molecular flexibility index (Phi) is 6.02. The van der Waals surface area contributed by atoms with Crippen LogP contribution in [0.1, 0.15) is 24.2 Å². The van der Waals surface area contributed by atoms with E-state index in [0.29, 0.717) is 16.0 Å². The highest BCUT2D eigenvalue weighted by atomic mass is 79.9. The van der Waals surface area contributed by atoms with Gasteiger partial charge in [0.15, 0.2) is 11.5 Å². The quantitative estimate of drug-likeness (QED) is 0.813. The maximum absolute atomic E-state index is 12.3. The summed E-state index contributed by atoms with van der Waals surface area (Å²) in [6.45, 7) is 3.45. The van der Waals surface area contributed by atoms with Gasteiger partial charge < -0.3 is 19.9 Å². The Hall–Kier alpha value is -1.76. The molecule has 0 aliphatic rings. The second kappa shape index (κ2) is 7.31. The molecular formula is C14H18BrNO5. The predicted molar refractivity (Wildman–Crippen MR) is 81.0 cm³/mol. The van der Waals surface area contributed by atoms with Crippen LogP contribution in [0.3, 0.4) is 0 Å². The number of carboxylic acid groups (broad SMARTS) is 1. The first kappa shape index (κ1) is 17.3. The monoisotopic (exact) mass is 359 g/mol. The molecule has 1 amide bonds. The van der Waals surface area contributed by atoms with E-state index in [1.54, 1.807) is 19.9 Å². The van der Waals surface area contributed by atoms with Crippen molar-refractivity contribution in [2.45, 2.75) is 19.9 Å². The van der Waals surface area contributed by atoms with Crippen LogP contribution in [0.25, 0.3) is 0 Å². The molecule has 1 unspecified atom stereocenters. The minimum atomic E-state index is -1.07. The number of hydrogen-bond acceptors (Lipinski definition) is 4. The molecule has 0 heterocycles. The highest BCUT2D eigenvalue weighted by Gasteiger charge is 2.25. The lowest BCUT2D eigenvalue weighted by Crippen LogP contribution is -2.44. The molecule has 1 atom stereocenters. The summed E-state index contributed by atoms with van der Waals surface area (Å²) in [6, 6.07) is 2.13. The van der Waals surface area contributed by atoms with E-state index < -0.39 is 17.9 Å². The average Bonchev–Trinajstić information content (AvgIpc) is 2.43. The van der Waals surface area contributed by atoms with Crippen LogP contribution >= 0.6 is 15.9 Å². The number of methoxy groups -OCH3 is 2. The number of carboxylic acids is 1. The van der Waals surface area contributed by atoms with Crippen LogP contribution in [0.4, 0.5) is 0 Å². The molecule has 6 nitrogen and oxygen atoms in total. The van der Waals surface area contributed by atoms with Gasteiger partial charge in [0.25, 0.3) is 5.91 Å². The summed E-state index contributed by atoms with van der Waals surface area (Å²) >= 11 is 3.27. The van der Waals surface area contributed by atoms with Gasteiger partial charge in [-0.25, -0.2) is 4.79 Å². The van der Waals surface area contributed by atoms with Crippen LogP contribution in [0.2, 0.25) is 0 Å². The van der Waals surface area contributed by atoms with Crippen molar-refractivity contribution in [1.82, 2.24) is 5.32 Å². The van der Waals surface area contributed by atoms with Crippen molar-refractivity contribution in [2.24, 2.45) is 5.92 Å². The van der Waals surface area contributed by atoms with E-state index in [1.807, 2.05) is 0 Å². The third-order valence-corrected chi connectivity index (χ3v) is 3.59. The smallest absolute Gasteiger partial charge is 0.326 e. The Bertz CT molecular complexity index is 544. The summed E-state index contributed by atoms with van der Waals surface area (Å²) in [7, 11) is 2.95. The number of nitrogens with one attached hydrogen (secondary N) is 1. The molecule has 0 fully saturated rings. The fraction of sp³-hybridized carbons (Fsp3) is 0.429. The third-order valence-electron chi connectivity index (χ3n) is 2.94. The first-order valence-electron chi connectivity index (χ1n) is 6.27. The van der Waals surface area contributed by atoms with Crippen LogP contribution in [-0.2, 0) is 4.79 Å². The van der Waals surface area contributed by atoms with Crippen molar-refractivity contribution in [2.75, 3.05) is 14.2 Å².